The summed E-state index contributed by atoms with van der Waals surface area (Å²) in [4.78, 5) is 23.7. The third-order valence-electron chi connectivity index (χ3n) is 2.20. The number of hydrogen-bond acceptors (Lipinski definition) is 7. The number of esters is 1. The third-order valence-corrected chi connectivity index (χ3v) is 2.20. The van der Waals surface area contributed by atoms with Crippen LogP contribution in [-0.4, -0.2) is 27.5 Å². The Hall–Kier alpha value is -2.44. The number of aromatic nitrogens is 3. The fourth-order valence-electron chi connectivity index (χ4n) is 1.42. The van der Waals surface area contributed by atoms with Gasteiger partial charge in [-0.2, -0.15) is 0 Å². The van der Waals surface area contributed by atoms with Crippen molar-refractivity contribution in [3.05, 3.63) is 23.8 Å². The second-order valence-corrected chi connectivity index (χ2v) is 3.45. The number of carbonyl (C=O) groups excluding carboxylic acids is 1. The lowest BCUT2D eigenvalue weighted by molar-refractivity contribution is 0.0520. The smallest absolute Gasteiger partial charge is 0.360 e. The van der Waals surface area contributed by atoms with E-state index in [2.05, 4.69) is 15.0 Å². The van der Waals surface area contributed by atoms with E-state index >= 15 is 0 Å². The molecule has 0 saturated carbocycles. The van der Waals surface area contributed by atoms with E-state index in [1.807, 2.05) is 0 Å². The molecule has 0 aromatic carbocycles. The first-order chi connectivity index (χ1) is 8.63. The monoisotopic (exact) mass is 248 g/mol. The summed E-state index contributed by atoms with van der Waals surface area (Å²) in [5, 5.41) is 0. The van der Waals surface area contributed by atoms with Crippen molar-refractivity contribution in [1.82, 2.24) is 15.0 Å². The van der Waals surface area contributed by atoms with Gasteiger partial charge in [0, 0.05) is 0 Å². The van der Waals surface area contributed by atoms with Crippen LogP contribution in [0.3, 0.4) is 0 Å². The Balaban J connectivity index is 2.44. The first kappa shape index (κ1) is 12.0. The van der Waals surface area contributed by atoms with Crippen LogP contribution in [0, 0.1) is 6.92 Å². The van der Waals surface area contributed by atoms with Crippen molar-refractivity contribution in [3.63, 3.8) is 0 Å². The molecule has 2 N–H and O–H groups in total. The number of carbonyl (C=O) groups is 1. The zero-order chi connectivity index (χ0) is 13.1. The molecule has 0 radical (unpaired) electrons. The summed E-state index contributed by atoms with van der Waals surface area (Å²) in [5.74, 6) is -0.293. The van der Waals surface area contributed by atoms with Crippen molar-refractivity contribution in [2.75, 3.05) is 12.3 Å². The summed E-state index contributed by atoms with van der Waals surface area (Å²) in [6.07, 6.45) is 2.91. The molecule has 2 rings (SSSR count). The highest BCUT2D eigenvalue weighted by molar-refractivity contribution is 5.92. The molecule has 7 heteroatoms. The molecule has 2 heterocycles. The number of oxazole rings is 1. The molecule has 0 spiro atoms. The molecule has 0 aliphatic heterocycles. The number of nitrogens with two attached hydrogens (primary N) is 1. The minimum atomic E-state index is -0.593. The van der Waals surface area contributed by atoms with Crippen molar-refractivity contribution in [2.24, 2.45) is 0 Å². The van der Waals surface area contributed by atoms with Gasteiger partial charge >= 0.3 is 5.97 Å². The molecule has 18 heavy (non-hydrogen) atoms. The van der Waals surface area contributed by atoms with Gasteiger partial charge in [0.2, 0.25) is 5.89 Å². The highest BCUT2D eigenvalue weighted by Crippen LogP contribution is 2.20. The topological polar surface area (TPSA) is 104 Å². The largest absolute Gasteiger partial charge is 0.461 e. The summed E-state index contributed by atoms with van der Waals surface area (Å²) in [7, 11) is 0. The van der Waals surface area contributed by atoms with Gasteiger partial charge in [-0.25, -0.2) is 19.7 Å². The molecule has 7 nitrogen and oxygen atoms in total. The van der Waals surface area contributed by atoms with Gasteiger partial charge in [0.05, 0.1) is 18.5 Å². The van der Waals surface area contributed by atoms with Gasteiger partial charge in [-0.3, -0.25) is 0 Å². The lowest BCUT2D eigenvalue weighted by Gasteiger charge is -2.07. The zero-order valence-electron chi connectivity index (χ0n) is 10.0. The summed E-state index contributed by atoms with van der Waals surface area (Å²) in [5.41, 5.74) is 6.59. The normalized spacial score (nSPS) is 10.3. The van der Waals surface area contributed by atoms with Crippen molar-refractivity contribution in [1.29, 1.82) is 0 Å². The molecule has 0 bridgehead atoms. The molecule has 0 aliphatic rings. The van der Waals surface area contributed by atoms with Crippen molar-refractivity contribution < 1.29 is 13.9 Å². The second-order valence-electron chi connectivity index (χ2n) is 3.45. The molecule has 94 valence electrons. The van der Waals surface area contributed by atoms with E-state index in [9.17, 15) is 4.79 Å². The Labute approximate surface area is 103 Å². The van der Waals surface area contributed by atoms with Gasteiger partial charge in [-0.15, -0.1) is 0 Å². The maximum atomic E-state index is 11.6. The maximum absolute atomic E-state index is 11.6. The van der Waals surface area contributed by atoms with Crippen LogP contribution in [0.25, 0.3) is 11.6 Å². The first-order valence-corrected chi connectivity index (χ1v) is 5.34. The number of ether oxygens (including phenoxy) is 1. The van der Waals surface area contributed by atoms with Crippen LogP contribution in [0.4, 0.5) is 5.82 Å². The molecule has 0 unspecified atom stereocenters. The summed E-state index contributed by atoms with van der Waals surface area (Å²) in [6.45, 7) is 3.64. The number of nitrogens with zero attached hydrogens (tertiary/aromatic N) is 3. The van der Waals surface area contributed by atoms with Crippen LogP contribution < -0.4 is 5.73 Å². The van der Waals surface area contributed by atoms with Crippen molar-refractivity contribution in [3.8, 4) is 11.6 Å². The van der Waals surface area contributed by atoms with Gasteiger partial charge in [0.15, 0.2) is 11.5 Å². The molecule has 0 fully saturated rings. The Bertz CT molecular complexity index is 566. The van der Waals surface area contributed by atoms with Gasteiger partial charge in [-0.05, 0) is 13.8 Å². The lowest BCUT2D eigenvalue weighted by Crippen LogP contribution is -2.13. The molecule has 2 aromatic rings. The molecular weight excluding hydrogens is 236 g/mol. The van der Waals surface area contributed by atoms with Crippen LogP contribution in [-0.2, 0) is 4.74 Å². The highest BCUT2D eigenvalue weighted by Gasteiger charge is 2.19. The molecule has 0 saturated heterocycles. The Kier molecular flexibility index (Phi) is 3.22. The number of rotatable bonds is 3. The average Bonchev–Trinajstić information content (AvgIpc) is 2.85. The van der Waals surface area contributed by atoms with Crippen LogP contribution in [0.15, 0.2) is 16.9 Å². The molecule has 0 atom stereocenters. The fourth-order valence-corrected chi connectivity index (χ4v) is 1.42. The second kappa shape index (κ2) is 4.82. The van der Waals surface area contributed by atoms with Crippen molar-refractivity contribution in [2.45, 2.75) is 13.8 Å². The maximum Gasteiger partial charge on any atom is 0.360 e. The summed E-state index contributed by atoms with van der Waals surface area (Å²) in [6, 6.07) is 0. The number of aryl methyl sites for hydroxylation is 1. The third kappa shape index (κ3) is 2.15. The highest BCUT2D eigenvalue weighted by atomic mass is 16.5. The molecule has 0 aliphatic carbocycles. The van der Waals surface area contributed by atoms with Gasteiger partial charge < -0.3 is 14.9 Å². The number of anilines is 1. The average molecular weight is 248 g/mol. The van der Waals surface area contributed by atoms with Gasteiger partial charge in [-0.1, -0.05) is 0 Å². The van der Waals surface area contributed by atoms with Crippen LogP contribution in [0.2, 0.25) is 0 Å². The van der Waals surface area contributed by atoms with E-state index in [1.54, 1.807) is 13.8 Å². The van der Waals surface area contributed by atoms with Crippen LogP contribution in [0.5, 0.6) is 0 Å². The minimum Gasteiger partial charge on any atom is -0.461 e. The van der Waals surface area contributed by atoms with E-state index < -0.39 is 5.97 Å². The Morgan fingerprint density at radius 1 is 1.50 bits per heavy atom. The predicted octanol–water partition coefficient (Wildman–Crippen LogP) is 1.20. The fraction of sp³-hybridized carbons (Fsp3) is 0.273. The standard InChI is InChI=1S/C11H12N4O3/c1-3-17-11(16)8-9(12)15-7(6(2)14-8)10-13-4-5-18-10/h4-5H,3H2,1-2H3,(H2,12,15). The van der Waals surface area contributed by atoms with Crippen LogP contribution >= 0.6 is 0 Å². The van der Waals surface area contributed by atoms with E-state index in [4.69, 9.17) is 14.9 Å². The molecule has 0 amide bonds. The van der Waals surface area contributed by atoms with E-state index in [-0.39, 0.29) is 18.1 Å². The quantitative estimate of drug-likeness (QED) is 0.813. The van der Waals surface area contributed by atoms with Gasteiger partial charge in [0.1, 0.15) is 12.0 Å². The predicted molar refractivity (Wildman–Crippen MR) is 62.6 cm³/mol. The van der Waals surface area contributed by atoms with Crippen molar-refractivity contribution >= 4 is 11.8 Å². The van der Waals surface area contributed by atoms with E-state index in [0.717, 1.165) is 0 Å². The lowest BCUT2D eigenvalue weighted by atomic mass is 10.3. The summed E-state index contributed by atoms with van der Waals surface area (Å²) < 4.78 is 9.95. The zero-order valence-corrected chi connectivity index (χ0v) is 10.0. The van der Waals surface area contributed by atoms with E-state index in [0.29, 0.717) is 17.3 Å². The number of nitrogen functional groups attached to an aromatic ring is 1. The SMILES string of the molecule is CCOC(=O)c1nc(C)c(-c2ncco2)nc1N. The molecule has 2 aromatic heterocycles. The number of hydrogen-bond donors (Lipinski definition) is 1. The van der Waals surface area contributed by atoms with Gasteiger partial charge in [0.25, 0.3) is 0 Å². The summed E-state index contributed by atoms with van der Waals surface area (Å²) >= 11 is 0. The van der Waals surface area contributed by atoms with E-state index in [1.165, 1.54) is 12.5 Å². The molecular formula is C11H12N4O3. The Morgan fingerprint density at radius 2 is 2.28 bits per heavy atom. The minimum absolute atomic E-state index is 0.00431. The first-order valence-electron chi connectivity index (χ1n) is 5.34. The van der Waals surface area contributed by atoms with Crippen LogP contribution in [0.1, 0.15) is 23.1 Å². The Morgan fingerprint density at radius 3 is 2.89 bits per heavy atom.